The Morgan fingerprint density at radius 2 is 1.94 bits per heavy atom. The van der Waals surface area contributed by atoms with Crippen molar-refractivity contribution in [1.82, 2.24) is 29.0 Å². The Morgan fingerprint density at radius 1 is 1.18 bits per heavy atom. The van der Waals surface area contributed by atoms with Crippen LogP contribution in [0.15, 0.2) is 31.0 Å². The summed E-state index contributed by atoms with van der Waals surface area (Å²) in [5.41, 5.74) is 2.07. The van der Waals surface area contributed by atoms with Crippen molar-refractivity contribution >= 4 is 21.1 Å². The monoisotopic (exact) mass is 465 g/mol. The van der Waals surface area contributed by atoms with Gasteiger partial charge in [-0.3, -0.25) is 4.68 Å². The van der Waals surface area contributed by atoms with E-state index >= 15 is 0 Å². The average Bonchev–Trinajstić information content (AvgIpc) is 3.61. The highest BCUT2D eigenvalue weighted by Gasteiger charge is 2.53. The fourth-order valence-corrected chi connectivity index (χ4v) is 8.54. The fourth-order valence-electron chi connectivity index (χ4n) is 6.39. The van der Waals surface area contributed by atoms with Crippen molar-refractivity contribution in [3.8, 4) is 17.3 Å². The van der Waals surface area contributed by atoms with Gasteiger partial charge in [0.1, 0.15) is 12.0 Å². The molecule has 33 heavy (non-hydrogen) atoms. The van der Waals surface area contributed by atoms with Crippen LogP contribution in [0.1, 0.15) is 44.9 Å². The van der Waals surface area contributed by atoms with E-state index in [4.69, 9.17) is 0 Å². The third kappa shape index (κ3) is 3.28. The van der Waals surface area contributed by atoms with Crippen LogP contribution in [0.25, 0.3) is 22.3 Å². The Morgan fingerprint density at radius 3 is 2.67 bits per heavy atom. The van der Waals surface area contributed by atoms with E-state index in [-0.39, 0.29) is 17.1 Å². The Balaban J connectivity index is 1.26. The number of fused-ring (bicyclic) bond motifs is 2. The van der Waals surface area contributed by atoms with Gasteiger partial charge in [-0.1, -0.05) is 12.8 Å². The molecule has 6 rings (SSSR count). The van der Waals surface area contributed by atoms with Crippen LogP contribution in [0.4, 0.5) is 0 Å². The number of nitrogens with one attached hydrogen (secondary N) is 1. The molecule has 0 aromatic carbocycles. The molecule has 3 atom stereocenters. The number of H-pyrrole nitrogens is 1. The number of nitriles is 1. The van der Waals surface area contributed by atoms with Crippen LogP contribution in [-0.4, -0.2) is 55.8 Å². The van der Waals surface area contributed by atoms with Gasteiger partial charge in [-0.05, 0) is 43.6 Å². The molecule has 3 aromatic rings. The second-order valence-corrected chi connectivity index (χ2v) is 12.1. The van der Waals surface area contributed by atoms with Gasteiger partial charge in [0.2, 0.25) is 10.0 Å². The summed E-state index contributed by atoms with van der Waals surface area (Å²) in [5, 5.41) is 15.1. The molecule has 9 nitrogen and oxygen atoms in total. The normalized spacial score (nSPS) is 28.5. The van der Waals surface area contributed by atoms with Crippen LogP contribution in [0.2, 0.25) is 0 Å². The summed E-state index contributed by atoms with van der Waals surface area (Å²) >= 11 is 0. The lowest BCUT2D eigenvalue weighted by atomic mass is 9.92. The Labute approximate surface area is 192 Å². The number of sulfonamides is 1. The van der Waals surface area contributed by atoms with Crippen LogP contribution >= 0.6 is 0 Å². The average molecular weight is 466 g/mol. The molecule has 0 radical (unpaired) electrons. The topological polar surface area (TPSA) is 121 Å². The first-order valence-electron chi connectivity index (χ1n) is 11.7. The maximum atomic E-state index is 13.1. The standard InChI is InChI=1S/C23H27N7O2S/c24-7-6-23(30-14-18(11-28-30)21-20-5-8-25-22(20)27-15-26-21)9-16-12-29(13-17(16)10-23)33(31,32)19-3-1-2-4-19/h5,8,11,14-17,19H,1-4,6,9-10,12-13H2,(H,25,26,27)/t16-,17+,23+. The predicted octanol–water partition coefficient (Wildman–Crippen LogP) is 3.04. The number of rotatable bonds is 5. The van der Waals surface area contributed by atoms with Gasteiger partial charge in [0.05, 0.1) is 35.2 Å². The number of nitrogens with zero attached hydrogens (tertiary/aromatic N) is 6. The highest BCUT2D eigenvalue weighted by Crippen LogP contribution is 2.50. The van der Waals surface area contributed by atoms with Crippen molar-refractivity contribution in [2.75, 3.05) is 13.1 Å². The third-order valence-electron chi connectivity index (χ3n) is 8.01. The largest absolute Gasteiger partial charge is 0.346 e. The van der Waals surface area contributed by atoms with E-state index in [1.807, 2.05) is 23.1 Å². The van der Waals surface area contributed by atoms with Gasteiger partial charge in [-0.2, -0.15) is 10.4 Å². The summed E-state index contributed by atoms with van der Waals surface area (Å²) in [6.45, 7) is 1.14. The zero-order chi connectivity index (χ0) is 22.6. The van der Waals surface area contributed by atoms with Gasteiger partial charge in [0, 0.05) is 36.4 Å². The summed E-state index contributed by atoms with van der Waals surface area (Å²) in [6.07, 6.45) is 12.7. The summed E-state index contributed by atoms with van der Waals surface area (Å²) in [6, 6.07) is 4.33. The first-order valence-corrected chi connectivity index (χ1v) is 13.2. The third-order valence-corrected chi connectivity index (χ3v) is 10.3. The fraction of sp³-hybridized carbons (Fsp3) is 0.565. The Kier molecular flexibility index (Phi) is 4.82. The van der Waals surface area contributed by atoms with E-state index < -0.39 is 15.6 Å². The van der Waals surface area contributed by atoms with Crippen LogP contribution in [0.5, 0.6) is 0 Å². The maximum absolute atomic E-state index is 13.1. The first-order chi connectivity index (χ1) is 16.0. The van der Waals surface area contributed by atoms with Crippen LogP contribution in [0.3, 0.4) is 0 Å². The first kappa shape index (κ1) is 20.8. The van der Waals surface area contributed by atoms with Crippen molar-refractivity contribution in [2.45, 2.75) is 55.7 Å². The van der Waals surface area contributed by atoms with Crippen LogP contribution in [0, 0.1) is 23.2 Å². The summed E-state index contributed by atoms with van der Waals surface area (Å²) < 4.78 is 29.9. The summed E-state index contributed by atoms with van der Waals surface area (Å²) in [7, 11) is -3.21. The van der Waals surface area contributed by atoms with E-state index in [9.17, 15) is 13.7 Å². The minimum absolute atomic E-state index is 0.202. The Hall–Kier alpha value is -2.77. The number of aromatic amines is 1. The van der Waals surface area contributed by atoms with Crippen molar-refractivity contribution in [2.24, 2.45) is 11.8 Å². The van der Waals surface area contributed by atoms with E-state index in [2.05, 4.69) is 26.1 Å². The molecule has 0 bridgehead atoms. The highest BCUT2D eigenvalue weighted by atomic mass is 32.2. The van der Waals surface area contributed by atoms with Crippen molar-refractivity contribution in [3.05, 3.63) is 31.0 Å². The molecular weight excluding hydrogens is 438 g/mol. The molecule has 1 aliphatic heterocycles. The molecule has 0 amide bonds. The molecule has 3 aromatic heterocycles. The molecule has 2 saturated carbocycles. The molecule has 4 heterocycles. The zero-order valence-corrected chi connectivity index (χ0v) is 19.2. The number of hydrogen-bond acceptors (Lipinski definition) is 6. The minimum Gasteiger partial charge on any atom is -0.346 e. The van der Waals surface area contributed by atoms with Gasteiger partial charge < -0.3 is 4.98 Å². The van der Waals surface area contributed by atoms with E-state index in [0.29, 0.717) is 19.5 Å². The molecule has 10 heteroatoms. The van der Waals surface area contributed by atoms with Crippen molar-refractivity contribution in [3.63, 3.8) is 0 Å². The lowest BCUT2D eigenvalue weighted by Crippen LogP contribution is -2.39. The highest BCUT2D eigenvalue weighted by molar-refractivity contribution is 7.89. The molecule has 2 aliphatic carbocycles. The van der Waals surface area contributed by atoms with E-state index in [1.54, 1.807) is 10.5 Å². The molecule has 3 fully saturated rings. The lowest BCUT2D eigenvalue weighted by molar-refractivity contribution is 0.240. The van der Waals surface area contributed by atoms with E-state index in [1.165, 1.54) is 6.33 Å². The second kappa shape index (κ2) is 7.64. The molecule has 0 spiro atoms. The zero-order valence-electron chi connectivity index (χ0n) is 18.4. The Bertz CT molecular complexity index is 1320. The van der Waals surface area contributed by atoms with Crippen LogP contribution < -0.4 is 0 Å². The minimum atomic E-state index is -3.21. The number of aromatic nitrogens is 5. The van der Waals surface area contributed by atoms with Crippen molar-refractivity contribution < 1.29 is 8.42 Å². The summed E-state index contributed by atoms with van der Waals surface area (Å²) in [4.78, 5) is 11.8. The molecule has 1 saturated heterocycles. The van der Waals surface area contributed by atoms with Gasteiger partial charge in [-0.15, -0.1) is 0 Å². The SMILES string of the molecule is N#CC[C@@]1(n2cc(-c3ncnc4[nH]ccc34)cn2)C[C@H]2CN(S(=O)(=O)C3CCCC3)C[C@H]2C1. The molecular formula is C23H27N7O2S. The van der Waals surface area contributed by atoms with Crippen molar-refractivity contribution in [1.29, 1.82) is 5.26 Å². The molecule has 0 unspecified atom stereocenters. The van der Waals surface area contributed by atoms with E-state index in [0.717, 1.165) is 60.8 Å². The van der Waals surface area contributed by atoms with Gasteiger partial charge >= 0.3 is 0 Å². The smallest absolute Gasteiger partial charge is 0.216 e. The van der Waals surface area contributed by atoms with Gasteiger partial charge in [-0.25, -0.2) is 22.7 Å². The lowest BCUT2D eigenvalue weighted by Gasteiger charge is -2.30. The quantitative estimate of drug-likeness (QED) is 0.618. The molecule has 172 valence electrons. The van der Waals surface area contributed by atoms with Gasteiger partial charge in [0.15, 0.2) is 0 Å². The maximum Gasteiger partial charge on any atom is 0.216 e. The molecule has 1 N–H and O–H groups in total. The second-order valence-electron chi connectivity index (χ2n) is 9.89. The number of hydrogen-bond donors (Lipinski definition) is 1. The molecule has 3 aliphatic rings. The predicted molar refractivity (Wildman–Crippen MR) is 122 cm³/mol. The van der Waals surface area contributed by atoms with Crippen LogP contribution in [-0.2, 0) is 15.6 Å². The summed E-state index contributed by atoms with van der Waals surface area (Å²) in [5.74, 6) is 0.523. The van der Waals surface area contributed by atoms with Gasteiger partial charge in [0.25, 0.3) is 0 Å².